The number of aliphatic carboxylic acids is 4. The van der Waals surface area contributed by atoms with E-state index in [4.69, 9.17) is 20.3 Å². The third kappa shape index (κ3) is 37.6. The monoisotopic (exact) mass is 1310 g/mol. The normalized spacial score (nSPS) is 15.1. The van der Waals surface area contributed by atoms with Crippen molar-refractivity contribution in [1.29, 1.82) is 0 Å². The largest absolute Gasteiger partial charge is 0.481 e. The molecule has 0 spiro atoms. The maximum atomic E-state index is 14.2. The van der Waals surface area contributed by atoms with Gasteiger partial charge in [-0.15, -0.1) is 0 Å². The number of carbonyl (C=O) groups excluding carboxylic acids is 9. The predicted octanol–water partition coefficient (Wildman–Crippen LogP) is 0.526. The number of unbranched alkanes of at least 4 members (excludes halogenated alkanes) is 14. The molecule has 0 aromatic carbocycles. The highest BCUT2D eigenvalue weighted by Crippen LogP contribution is 2.19. The topological polar surface area (TPSA) is 471 Å². The molecule has 1 saturated heterocycles. The molecule has 0 bridgehead atoms. The number of rotatable bonds is 55. The van der Waals surface area contributed by atoms with E-state index in [1.807, 2.05) is 0 Å². The summed E-state index contributed by atoms with van der Waals surface area (Å²) in [4.78, 5) is 171. The summed E-state index contributed by atoms with van der Waals surface area (Å²) < 4.78 is 10.9. The standard InChI is InChI=1S/C61H101N11O20/c1-42(74)72-33-20-24-49(72)61(90)70-48(40-73)60(89)69-47(37-43-21-19-30-63-43)59(88)68-46(27-28-53(79)80)58(87)67-45(23-16-18-32-71(38-54(81)82)39-55(83)84)57(86)66-44(56(62)85)22-15-17-29-64-51(76)41-92-36-35-91-34-31-65-50(75)25-13-11-9-7-5-3-2-4-6-8-10-12-14-26-52(77)78/h21,30,44-49,73H,2-20,22-29,31-41H2,1H3,(H2,62,85)(H,64,76)(H,65,75)(H,66,86)(H,67,87)(H,68,88)(H,69,89)(H,70,90)(H,77,78)(H,79,80)(H,81,82)(H,83,84)/t44-,45-,46-,47-,48-,49-/m0/s1. The zero-order valence-corrected chi connectivity index (χ0v) is 53.3. The average molecular weight is 1310 g/mol. The summed E-state index contributed by atoms with van der Waals surface area (Å²) in [7, 11) is 0. The second-order valence-electron chi connectivity index (χ2n) is 23.0. The minimum atomic E-state index is -1.70. The number of likely N-dealkylation sites (tertiary alicyclic amines) is 1. The first kappa shape index (κ1) is 80.5. The number of nitrogens with two attached hydrogens (primary N) is 1. The molecular weight excluding hydrogens is 1210 g/mol. The van der Waals surface area contributed by atoms with Gasteiger partial charge in [-0.25, -0.2) is 0 Å². The maximum Gasteiger partial charge on any atom is 0.317 e. The lowest BCUT2D eigenvalue weighted by atomic mass is 10.0. The molecule has 2 rings (SSSR count). The molecule has 0 radical (unpaired) electrons. The number of carboxylic acid groups (broad SMARTS) is 4. The van der Waals surface area contributed by atoms with Gasteiger partial charge in [-0.05, 0) is 77.2 Å². The van der Waals surface area contributed by atoms with Gasteiger partial charge in [-0.3, -0.25) is 72.2 Å². The third-order valence-electron chi connectivity index (χ3n) is 15.3. The van der Waals surface area contributed by atoms with Crippen molar-refractivity contribution in [2.24, 2.45) is 10.7 Å². The molecule has 1 fully saturated rings. The molecule has 31 heteroatoms. The van der Waals surface area contributed by atoms with Crippen LogP contribution in [-0.2, 0) is 71.8 Å². The fraction of sp³-hybridized carbons (Fsp3) is 0.738. The highest BCUT2D eigenvalue weighted by molar-refractivity contribution is 5.97. The predicted molar refractivity (Wildman–Crippen MR) is 333 cm³/mol. The van der Waals surface area contributed by atoms with Crippen molar-refractivity contribution in [3.63, 3.8) is 0 Å². The second kappa shape index (κ2) is 48.2. The summed E-state index contributed by atoms with van der Waals surface area (Å²) in [5.41, 5.74) is 6.03. The summed E-state index contributed by atoms with van der Waals surface area (Å²) in [5.74, 6) is -11.3. The summed E-state index contributed by atoms with van der Waals surface area (Å²) in [6, 6.07) is -8.61. The lowest BCUT2D eigenvalue weighted by Crippen LogP contribution is -2.60. The first-order chi connectivity index (χ1) is 44.0. The van der Waals surface area contributed by atoms with Crippen LogP contribution in [0.5, 0.6) is 0 Å². The number of aliphatic hydroxyl groups is 1. The van der Waals surface area contributed by atoms with Crippen molar-refractivity contribution in [2.45, 2.75) is 217 Å². The summed E-state index contributed by atoms with van der Waals surface area (Å²) >= 11 is 0. The van der Waals surface area contributed by atoms with Gasteiger partial charge in [0, 0.05) is 70.6 Å². The van der Waals surface area contributed by atoms with E-state index in [0.717, 1.165) is 56.3 Å². The molecule has 0 unspecified atom stereocenters. The summed E-state index contributed by atoms with van der Waals surface area (Å²) in [6.45, 7) is 0.123. The van der Waals surface area contributed by atoms with E-state index in [1.165, 1.54) is 50.1 Å². The molecule has 2 heterocycles. The third-order valence-corrected chi connectivity index (χ3v) is 15.3. The lowest BCUT2D eigenvalue weighted by Gasteiger charge is -2.27. The zero-order valence-electron chi connectivity index (χ0n) is 53.3. The van der Waals surface area contributed by atoms with Gasteiger partial charge < -0.3 is 82.9 Å². The van der Waals surface area contributed by atoms with Gasteiger partial charge in [0.15, 0.2) is 0 Å². The molecule has 31 nitrogen and oxygen atoms in total. The Hall–Kier alpha value is -7.64. The van der Waals surface area contributed by atoms with Crippen LogP contribution in [0, 0.1) is 0 Å². The molecule has 0 saturated carbocycles. The molecule has 0 aromatic rings. The van der Waals surface area contributed by atoms with Gasteiger partial charge in [0.1, 0.15) is 42.9 Å². The minimum absolute atomic E-state index is 0.0294. The molecule has 2 aliphatic heterocycles. The number of hydrogen-bond acceptors (Lipinski definition) is 18. The molecule has 92 heavy (non-hydrogen) atoms. The van der Waals surface area contributed by atoms with Crippen LogP contribution in [0.15, 0.2) is 16.8 Å². The fourth-order valence-corrected chi connectivity index (χ4v) is 10.3. The summed E-state index contributed by atoms with van der Waals surface area (Å²) in [6.07, 6.45) is 18.1. The molecule has 520 valence electrons. The van der Waals surface area contributed by atoms with Crippen LogP contribution in [0.3, 0.4) is 0 Å². The number of allylic oxidation sites excluding steroid dienone is 1. The van der Waals surface area contributed by atoms with E-state index in [2.05, 4.69) is 42.2 Å². The van der Waals surface area contributed by atoms with Gasteiger partial charge in [-0.2, -0.15) is 0 Å². The number of aliphatic hydroxyl groups excluding tert-OH is 1. The average Bonchev–Trinajstić information content (AvgIpc) is 1.66. The van der Waals surface area contributed by atoms with Crippen LogP contribution in [-0.4, -0.2) is 227 Å². The Bertz CT molecular complexity index is 2410. The minimum Gasteiger partial charge on any atom is -0.481 e. The van der Waals surface area contributed by atoms with Crippen molar-refractivity contribution < 1.29 is 97.3 Å². The summed E-state index contributed by atoms with van der Waals surface area (Å²) in [5, 5.41) is 65.0. The molecule has 2 aliphatic rings. The van der Waals surface area contributed by atoms with Gasteiger partial charge in [0.2, 0.25) is 53.2 Å². The quantitative estimate of drug-likeness (QED) is 0.0369. The number of carbonyl (C=O) groups is 13. The van der Waals surface area contributed by atoms with E-state index < -0.39 is 134 Å². The highest BCUT2D eigenvalue weighted by Gasteiger charge is 2.37. The van der Waals surface area contributed by atoms with E-state index >= 15 is 0 Å². The number of carboxylic acids is 4. The van der Waals surface area contributed by atoms with E-state index in [9.17, 15) is 82.8 Å². The number of amides is 9. The Balaban J connectivity index is 1.94. The van der Waals surface area contributed by atoms with Crippen LogP contribution in [0.4, 0.5) is 0 Å². The number of aliphatic imine (C=N–C) groups is 1. The Labute approximate surface area is 537 Å². The Morgan fingerprint density at radius 3 is 1.63 bits per heavy atom. The first-order valence-corrected chi connectivity index (χ1v) is 32.2. The number of primary amides is 1. The number of nitrogens with zero attached hydrogens (tertiary/aromatic N) is 3. The Morgan fingerprint density at radius 2 is 1.08 bits per heavy atom. The molecule has 14 N–H and O–H groups in total. The van der Waals surface area contributed by atoms with Crippen molar-refractivity contribution in [3.8, 4) is 0 Å². The van der Waals surface area contributed by atoms with Gasteiger partial charge >= 0.3 is 23.9 Å². The first-order valence-electron chi connectivity index (χ1n) is 32.2. The number of hydrogen-bond donors (Lipinski definition) is 13. The Kier molecular flexibility index (Phi) is 42.1. The van der Waals surface area contributed by atoms with Gasteiger partial charge in [0.25, 0.3) is 0 Å². The zero-order chi connectivity index (χ0) is 68.1. The smallest absolute Gasteiger partial charge is 0.317 e. The lowest BCUT2D eigenvalue weighted by molar-refractivity contribution is -0.142. The van der Waals surface area contributed by atoms with Crippen molar-refractivity contribution >= 4 is 83.3 Å². The SMILES string of the molecule is CC(=O)N1CCC[C@H]1C(=O)N[C@@H](CO)C(=O)N[C@@H](CC1=CCC=N1)C(=O)N[C@@H](CCC(=O)O)C(=O)N[C@@H](CCCCN(CC(=O)O)CC(=O)O)C(=O)N[C@@H](CCCCNC(=O)COCCOCCNC(=O)CCCCCCCCCCCCCCCC(=O)O)C(N)=O. The molecular formula is C61H101N11O20. The van der Waals surface area contributed by atoms with E-state index in [1.54, 1.807) is 6.08 Å². The van der Waals surface area contributed by atoms with Crippen molar-refractivity contribution in [2.75, 3.05) is 72.3 Å². The highest BCUT2D eigenvalue weighted by atomic mass is 16.5. The van der Waals surface area contributed by atoms with E-state index in [0.29, 0.717) is 50.9 Å². The number of nitrogens with one attached hydrogen (secondary N) is 7. The van der Waals surface area contributed by atoms with Crippen molar-refractivity contribution in [3.05, 3.63) is 11.8 Å². The number of ether oxygens (including phenoxy) is 2. The molecule has 6 atom stereocenters. The molecule has 0 aliphatic carbocycles. The van der Waals surface area contributed by atoms with Crippen LogP contribution in [0.2, 0.25) is 0 Å². The van der Waals surface area contributed by atoms with Crippen molar-refractivity contribution in [1.82, 2.24) is 47.0 Å². The second-order valence-corrected chi connectivity index (χ2v) is 23.0. The van der Waals surface area contributed by atoms with Crippen LogP contribution >= 0.6 is 0 Å². The fourth-order valence-electron chi connectivity index (χ4n) is 10.3. The molecule has 9 amide bonds. The maximum absolute atomic E-state index is 14.2. The van der Waals surface area contributed by atoms with Crippen LogP contribution < -0.4 is 43.0 Å². The van der Waals surface area contributed by atoms with Gasteiger partial charge in [-0.1, -0.05) is 76.7 Å². The van der Waals surface area contributed by atoms with E-state index in [-0.39, 0.29) is 96.3 Å². The van der Waals surface area contributed by atoms with Crippen LogP contribution in [0.1, 0.15) is 180 Å². The Morgan fingerprint density at radius 1 is 0.565 bits per heavy atom. The van der Waals surface area contributed by atoms with Gasteiger partial charge in [0.05, 0.1) is 39.5 Å². The molecule has 0 aromatic heterocycles. The van der Waals surface area contributed by atoms with Crippen LogP contribution in [0.25, 0.3) is 0 Å².